The van der Waals surface area contributed by atoms with Crippen molar-refractivity contribution < 1.29 is 24.2 Å². The van der Waals surface area contributed by atoms with Crippen molar-refractivity contribution in [2.24, 2.45) is 0 Å². The maximum Gasteiger partial charge on any atom is 0.257 e. The number of aliphatic hydroxyl groups excluding tert-OH is 1. The lowest BCUT2D eigenvalue weighted by molar-refractivity contribution is 0.0792. The maximum atomic E-state index is 12.9. The van der Waals surface area contributed by atoms with Gasteiger partial charge in [-0.1, -0.05) is 11.6 Å². The van der Waals surface area contributed by atoms with Gasteiger partial charge in [-0.25, -0.2) is 0 Å². The zero-order chi connectivity index (χ0) is 25.7. The third-order valence-corrected chi connectivity index (χ3v) is 6.04. The van der Waals surface area contributed by atoms with Crippen LogP contribution in [0.25, 0.3) is 0 Å². The number of aromatic nitrogens is 2. The number of amides is 2. The van der Waals surface area contributed by atoms with Gasteiger partial charge in [-0.05, 0) is 57.0 Å². The van der Waals surface area contributed by atoms with E-state index in [1.807, 2.05) is 11.8 Å². The number of anilines is 1. The van der Waals surface area contributed by atoms with E-state index < -0.39 is 12.0 Å². The second kappa shape index (κ2) is 11.5. The smallest absolute Gasteiger partial charge is 0.257 e. The predicted molar refractivity (Wildman–Crippen MR) is 136 cm³/mol. The van der Waals surface area contributed by atoms with Crippen LogP contribution in [-0.4, -0.2) is 57.4 Å². The molecule has 1 unspecified atom stereocenters. The molecule has 1 aliphatic rings. The first-order valence-electron chi connectivity index (χ1n) is 11.9. The van der Waals surface area contributed by atoms with Crippen molar-refractivity contribution in [3.05, 3.63) is 64.8 Å². The largest absolute Gasteiger partial charge is 0.488 e. The third kappa shape index (κ3) is 6.16. The molecule has 1 atom stereocenters. The molecule has 9 nitrogen and oxygen atoms in total. The Morgan fingerprint density at radius 3 is 2.53 bits per heavy atom. The number of nitrogens with zero attached hydrogens (tertiary/aromatic N) is 3. The van der Waals surface area contributed by atoms with E-state index in [2.05, 4.69) is 10.4 Å². The van der Waals surface area contributed by atoms with Crippen LogP contribution in [-0.2, 0) is 6.54 Å². The number of carbonyl (C=O) groups is 2. The Morgan fingerprint density at radius 2 is 1.86 bits per heavy atom. The number of nitrogens with one attached hydrogen (secondary N) is 1. The SMILES string of the molecule is CCn1ccc(NC(=O)c2cc(Oc3ccc(C(=O)N4CCCC4)cc3Cl)cc(OC(C)CO)c2)n1. The number of carbonyl (C=O) groups excluding carboxylic acids is 2. The summed E-state index contributed by atoms with van der Waals surface area (Å²) in [6, 6.07) is 11.3. The van der Waals surface area contributed by atoms with E-state index in [1.54, 1.807) is 60.3 Å². The summed E-state index contributed by atoms with van der Waals surface area (Å²) in [7, 11) is 0. The molecule has 2 heterocycles. The summed E-state index contributed by atoms with van der Waals surface area (Å²) in [5.41, 5.74) is 0.769. The number of likely N-dealkylation sites (tertiary alicyclic amines) is 1. The summed E-state index contributed by atoms with van der Waals surface area (Å²) in [5, 5.41) is 16.7. The molecule has 36 heavy (non-hydrogen) atoms. The Bertz CT molecular complexity index is 1240. The summed E-state index contributed by atoms with van der Waals surface area (Å²) >= 11 is 6.45. The molecule has 0 bridgehead atoms. The van der Waals surface area contributed by atoms with Gasteiger partial charge in [0.1, 0.15) is 23.4 Å². The van der Waals surface area contributed by atoms with Gasteiger partial charge in [0.05, 0.1) is 11.6 Å². The second-order valence-electron chi connectivity index (χ2n) is 8.56. The number of aliphatic hydroxyl groups is 1. The number of benzene rings is 2. The van der Waals surface area contributed by atoms with E-state index in [4.69, 9.17) is 21.1 Å². The molecule has 190 valence electrons. The maximum absolute atomic E-state index is 12.9. The van der Waals surface area contributed by atoms with E-state index in [0.29, 0.717) is 35.2 Å². The fourth-order valence-corrected chi connectivity index (χ4v) is 4.06. The van der Waals surface area contributed by atoms with Crippen molar-refractivity contribution in [1.29, 1.82) is 0 Å². The van der Waals surface area contributed by atoms with Gasteiger partial charge in [0, 0.05) is 49.1 Å². The summed E-state index contributed by atoms with van der Waals surface area (Å²) in [4.78, 5) is 27.4. The first-order chi connectivity index (χ1) is 17.4. The zero-order valence-electron chi connectivity index (χ0n) is 20.2. The van der Waals surface area contributed by atoms with Gasteiger partial charge in [0.25, 0.3) is 11.8 Å². The van der Waals surface area contributed by atoms with Crippen LogP contribution in [0.1, 0.15) is 47.4 Å². The molecule has 0 saturated carbocycles. The molecule has 2 amide bonds. The summed E-state index contributed by atoms with van der Waals surface area (Å²) in [6.07, 6.45) is 3.29. The van der Waals surface area contributed by atoms with Crippen molar-refractivity contribution in [3.8, 4) is 17.2 Å². The first-order valence-corrected chi connectivity index (χ1v) is 12.3. The van der Waals surface area contributed by atoms with Gasteiger partial charge in [-0.3, -0.25) is 14.3 Å². The highest BCUT2D eigenvalue weighted by molar-refractivity contribution is 6.32. The molecule has 1 fully saturated rings. The molecular formula is C26H29ClN4O5. The molecule has 2 N–H and O–H groups in total. The van der Waals surface area contributed by atoms with Crippen LogP contribution in [0.5, 0.6) is 17.2 Å². The molecule has 2 aromatic carbocycles. The van der Waals surface area contributed by atoms with Gasteiger partial charge < -0.3 is 24.8 Å². The number of hydrogen-bond donors (Lipinski definition) is 2. The summed E-state index contributed by atoms with van der Waals surface area (Å²) in [6.45, 7) is 5.64. The van der Waals surface area contributed by atoms with Crippen LogP contribution in [0.4, 0.5) is 5.82 Å². The topological polar surface area (TPSA) is 106 Å². The average Bonchev–Trinajstić information content (AvgIpc) is 3.57. The Labute approximate surface area is 214 Å². The van der Waals surface area contributed by atoms with Crippen LogP contribution >= 0.6 is 11.6 Å². The number of hydrogen-bond acceptors (Lipinski definition) is 6. The Kier molecular flexibility index (Phi) is 8.12. The molecule has 10 heteroatoms. The van der Waals surface area contributed by atoms with Crippen LogP contribution < -0.4 is 14.8 Å². The Hall–Kier alpha value is -3.56. The first kappa shape index (κ1) is 25.5. The van der Waals surface area contributed by atoms with Gasteiger partial charge in [-0.15, -0.1) is 0 Å². The fourth-order valence-electron chi connectivity index (χ4n) is 3.84. The quantitative estimate of drug-likeness (QED) is 0.434. The standard InChI is InChI=1S/C26H29ClN4O5/c1-3-31-11-8-24(29-31)28-25(33)19-12-20(35-17(2)16-32)15-21(13-19)36-23-7-6-18(14-22(23)27)26(34)30-9-4-5-10-30/h6-8,11-15,17,32H,3-5,9-10,16H2,1-2H3,(H,28,29,33). The minimum Gasteiger partial charge on any atom is -0.488 e. The lowest BCUT2D eigenvalue weighted by atomic mass is 10.1. The second-order valence-corrected chi connectivity index (χ2v) is 8.97. The normalized spacial score (nSPS) is 13.9. The molecule has 0 spiro atoms. The van der Waals surface area contributed by atoms with E-state index in [1.165, 1.54) is 0 Å². The van der Waals surface area contributed by atoms with Crippen LogP contribution in [0.15, 0.2) is 48.7 Å². The van der Waals surface area contributed by atoms with Crippen molar-refractivity contribution in [2.75, 3.05) is 25.0 Å². The molecule has 1 aromatic heterocycles. The summed E-state index contributed by atoms with van der Waals surface area (Å²) in [5.74, 6) is 0.938. The summed E-state index contributed by atoms with van der Waals surface area (Å²) < 4.78 is 13.4. The highest BCUT2D eigenvalue weighted by atomic mass is 35.5. The highest BCUT2D eigenvalue weighted by Crippen LogP contribution is 2.33. The van der Waals surface area contributed by atoms with Gasteiger partial charge >= 0.3 is 0 Å². The van der Waals surface area contributed by atoms with Gasteiger partial charge in [0.15, 0.2) is 5.82 Å². The van der Waals surface area contributed by atoms with Gasteiger partial charge in [-0.2, -0.15) is 5.10 Å². The molecule has 1 saturated heterocycles. The monoisotopic (exact) mass is 512 g/mol. The number of ether oxygens (including phenoxy) is 2. The Morgan fingerprint density at radius 1 is 1.11 bits per heavy atom. The molecule has 0 radical (unpaired) electrons. The minimum absolute atomic E-state index is 0.0567. The van der Waals surface area contributed by atoms with Crippen LogP contribution in [0.2, 0.25) is 5.02 Å². The zero-order valence-corrected chi connectivity index (χ0v) is 21.0. The van der Waals surface area contributed by atoms with Crippen LogP contribution in [0.3, 0.4) is 0 Å². The van der Waals surface area contributed by atoms with Crippen molar-refractivity contribution in [3.63, 3.8) is 0 Å². The lowest BCUT2D eigenvalue weighted by Crippen LogP contribution is -2.27. The third-order valence-electron chi connectivity index (χ3n) is 5.74. The number of rotatable bonds is 9. The minimum atomic E-state index is -0.490. The van der Waals surface area contributed by atoms with Crippen LogP contribution in [0, 0.1) is 0 Å². The van der Waals surface area contributed by atoms with E-state index in [9.17, 15) is 14.7 Å². The Balaban J connectivity index is 1.57. The van der Waals surface area contributed by atoms with E-state index >= 15 is 0 Å². The highest BCUT2D eigenvalue weighted by Gasteiger charge is 2.21. The van der Waals surface area contributed by atoms with Crippen molar-refractivity contribution >= 4 is 29.2 Å². The molecular weight excluding hydrogens is 484 g/mol. The fraction of sp³-hybridized carbons (Fsp3) is 0.346. The van der Waals surface area contributed by atoms with Crippen molar-refractivity contribution in [1.82, 2.24) is 14.7 Å². The average molecular weight is 513 g/mol. The predicted octanol–water partition coefficient (Wildman–Crippen LogP) is 4.60. The van der Waals surface area contributed by atoms with Gasteiger partial charge in [0.2, 0.25) is 0 Å². The molecule has 4 rings (SSSR count). The van der Waals surface area contributed by atoms with Crippen molar-refractivity contribution in [2.45, 2.75) is 39.3 Å². The lowest BCUT2D eigenvalue weighted by Gasteiger charge is -2.17. The molecule has 3 aromatic rings. The van der Waals surface area contributed by atoms with E-state index in [-0.39, 0.29) is 23.1 Å². The number of aryl methyl sites for hydroxylation is 1. The molecule has 1 aliphatic heterocycles. The van der Waals surface area contributed by atoms with E-state index in [0.717, 1.165) is 25.9 Å². The molecule has 0 aliphatic carbocycles. The number of halogens is 1.